The Bertz CT molecular complexity index is 1000. The molecule has 1 aliphatic heterocycles. The second kappa shape index (κ2) is 9.15. The van der Waals surface area contributed by atoms with Crippen LogP contribution in [0.25, 0.3) is 0 Å². The molecule has 1 amide bonds. The van der Waals surface area contributed by atoms with Crippen LogP contribution in [-0.4, -0.2) is 64.1 Å². The SMILES string of the molecule is CN(C)CCN1CCn2c(nc(CC(=O)NCc3ccc(F)cc3)c(O)c2=O)C1(C)C. The minimum atomic E-state index is -0.527. The van der Waals surface area contributed by atoms with Crippen LogP contribution in [0.3, 0.4) is 0 Å². The van der Waals surface area contributed by atoms with Gasteiger partial charge < -0.3 is 15.3 Å². The first-order valence-corrected chi connectivity index (χ1v) is 10.3. The van der Waals surface area contributed by atoms with Crippen LogP contribution in [0.4, 0.5) is 4.39 Å². The molecule has 2 heterocycles. The molecule has 0 saturated heterocycles. The smallest absolute Gasteiger partial charge is 0.296 e. The van der Waals surface area contributed by atoms with Crippen molar-refractivity contribution < 1.29 is 14.3 Å². The lowest BCUT2D eigenvalue weighted by Gasteiger charge is -2.43. The molecule has 0 atom stereocenters. The zero-order valence-corrected chi connectivity index (χ0v) is 18.5. The van der Waals surface area contributed by atoms with Crippen LogP contribution in [-0.2, 0) is 29.8 Å². The highest BCUT2D eigenvalue weighted by atomic mass is 19.1. The number of fused-ring (bicyclic) bond motifs is 1. The molecule has 168 valence electrons. The summed E-state index contributed by atoms with van der Waals surface area (Å²) in [5.74, 6) is -0.671. The molecule has 1 aliphatic rings. The Morgan fingerprint density at radius 1 is 1.26 bits per heavy atom. The van der Waals surface area contributed by atoms with Crippen LogP contribution >= 0.6 is 0 Å². The lowest BCUT2D eigenvalue weighted by atomic mass is 9.98. The van der Waals surface area contributed by atoms with Gasteiger partial charge in [-0.25, -0.2) is 9.37 Å². The van der Waals surface area contributed by atoms with Gasteiger partial charge in [-0.2, -0.15) is 0 Å². The van der Waals surface area contributed by atoms with Crippen molar-refractivity contribution in [3.63, 3.8) is 0 Å². The van der Waals surface area contributed by atoms with Crippen molar-refractivity contribution in [1.82, 2.24) is 24.7 Å². The maximum absolute atomic E-state index is 13.0. The van der Waals surface area contributed by atoms with E-state index in [1.807, 2.05) is 27.9 Å². The van der Waals surface area contributed by atoms with Crippen LogP contribution in [0, 0.1) is 5.82 Å². The van der Waals surface area contributed by atoms with Gasteiger partial charge in [0.15, 0.2) is 0 Å². The van der Waals surface area contributed by atoms with Gasteiger partial charge in [-0.3, -0.25) is 19.1 Å². The molecule has 2 N–H and O–H groups in total. The van der Waals surface area contributed by atoms with E-state index in [2.05, 4.69) is 20.1 Å². The van der Waals surface area contributed by atoms with E-state index < -0.39 is 16.8 Å². The van der Waals surface area contributed by atoms with Crippen molar-refractivity contribution in [2.75, 3.05) is 33.7 Å². The predicted molar refractivity (Wildman–Crippen MR) is 115 cm³/mol. The van der Waals surface area contributed by atoms with E-state index in [0.717, 1.165) is 18.7 Å². The molecule has 0 saturated carbocycles. The Kier molecular flexibility index (Phi) is 6.76. The van der Waals surface area contributed by atoms with E-state index in [0.29, 0.717) is 18.9 Å². The molecule has 8 nitrogen and oxygen atoms in total. The Hall–Kier alpha value is -2.78. The van der Waals surface area contributed by atoms with E-state index in [4.69, 9.17) is 0 Å². The zero-order chi connectivity index (χ0) is 22.8. The van der Waals surface area contributed by atoms with Crippen molar-refractivity contribution >= 4 is 5.91 Å². The third-order valence-corrected chi connectivity index (χ3v) is 5.70. The molecule has 9 heteroatoms. The molecule has 2 aromatic rings. The Morgan fingerprint density at radius 2 is 1.94 bits per heavy atom. The monoisotopic (exact) mass is 431 g/mol. The Labute approximate surface area is 181 Å². The van der Waals surface area contributed by atoms with Crippen molar-refractivity contribution in [3.05, 3.63) is 57.5 Å². The number of aromatic nitrogens is 2. The minimum Gasteiger partial charge on any atom is -0.502 e. The molecular weight excluding hydrogens is 401 g/mol. The maximum Gasteiger partial charge on any atom is 0.296 e. The molecule has 31 heavy (non-hydrogen) atoms. The van der Waals surface area contributed by atoms with Gasteiger partial charge in [0.2, 0.25) is 11.7 Å². The number of likely N-dealkylation sites (N-methyl/N-ethyl adjacent to an activating group) is 1. The number of benzene rings is 1. The Morgan fingerprint density at radius 3 is 2.58 bits per heavy atom. The van der Waals surface area contributed by atoms with Crippen molar-refractivity contribution in [3.8, 4) is 5.75 Å². The number of halogens is 1. The summed E-state index contributed by atoms with van der Waals surface area (Å²) in [6.07, 6.45) is -0.218. The standard InChI is InChI=1S/C22H30FN5O3/c1-22(2)21-25-17(13-18(29)24-14-15-5-7-16(23)8-6-15)19(30)20(31)28(21)12-11-27(22)10-9-26(3)4/h5-8,30H,9-14H2,1-4H3,(H,24,29). The van der Waals surface area contributed by atoms with Crippen LogP contribution in [0.5, 0.6) is 5.75 Å². The summed E-state index contributed by atoms with van der Waals surface area (Å²) in [5, 5.41) is 13.1. The van der Waals surface area contributed by atoms with Gasteiger partial charge in [-0.1, -0.05) is 12.1 Å². The molecule has 3 rings (SSSR count). The van der Waals surface area contributed by atoms with Crippen LogP contribution in [0.1, 0.15) is 30.9 Å². The average Bonchev–Trinajstić information content (AvgIpc) is 2.71. The number of nitrogens with zero attached hydrogens (tertiary/aromatic N) is 4. The topological polar surface area (TPSA) is 90.7 Å². The summed E-state index contributed by atoms with van der Waals surface area (Å²) in [6.45, 7) is 6.99. The number of rotatable bonds is 7. The highest BCUT2D eigenvalue weighted by Gasteiger charge is 2.38. The molecule has 1 aromatic heterocycles. The van der Waals surface area contributed by atoms with Crippen molar-refractivity contribution in [1.29, 1.82) is 0 Å². The second-order valence-electron chi connectivity index (χ2n) is 8.62. The zero-order valence-electron chi connectivity index (χ0n) is 18.5. The minimum absolute atomic E-state index is 0.0652. The summed E-state index contributed by atoms with van der Waals surface area (Å²) in [7, 11) is 4.02. The Balaban J connectivity index is 1.78. The quantitative estimate of drug-likeness (QED) is 0.681. The van der Waals surface area contributed by atoms with Crippen LogP contribution in [0.2, 0.25) is 0 Å². The van der Waals surface area contributed by atoms with Gasteiger partial charge in [-0.05, 0) is 45.6 Å². The van der Waals surface area contributed by atoms with Crippen LogP contribution in [0.15, 0.2) is 29.1 Å². The molecule has 0 spiro atoms. The van der Waals surface area contributed by atoms with E-state index >= 15 is 0 Å². The molecule has 0 aliphatic carbocycles. The molecular formula is C22H30FN5O3. The number of nitrogens with one attached hydrogen (secondary N) is 1. The maximum atomic E-state index is 13.0. The first-order valence-electron chi connectivity index (χ1n) is 10.3. The number of hydrogen-bond acceptors (Lipinski definition) is 6. The first-order chi connectivity index (χ1) is 14.6. The molecule has 1 aromatic carbocycles. The van der Waals surface area contributed by atoms with Gasteiger partial charge in [0.1, 0.15) is 11.6 Å². The number of carbonyl (C=O) groups is 1. The average molecular weight is 432 g/mol. The number of carbonyl (C=O) groups excluding carboxylic acids is 1. The fourth-order valence-electron chi connectivity index (χ4n) is 3.76. The first kappa shape index (κ1) is 22.9. The van der Waals surface area contributed by atoms with E-state index in [1.165, 1.54) is 16.7 Å². The lowest BCUT2D eigenvalue weighted by molar-refractivity contribution is -0.120. The van der Waals surface area contributed by atoms with Gasteiger partial charge >= 0.3 is 0 Å². The normalized spacial score (nSPS) is 15.7. The number of amides is 1. The predicted octanol–water partition coefficient (Wildman–Crippen LogP) is 1.06. The summed E-state index contributed by atoms with van der Waals surface area (Å²) >= 11 is 0. The highest BCUT2D eigenvalue weighted by Crippen LogP contribution is 2.30. The highest BCUT2D eigenvalue weighted by molar-refractivity contribution is 5.78. The van der Waals surface area contributed by atoms with Gasteiger partial charge in [0.25, 0.3) is 5.56 Å². The number of hydrogen-bond donors (Lipinski definition) is 2. The number of aromatic hydroxyl groups is 1. The van der Waals surface area contributed by atoms with E-state index in [9.17, 15) is 19.1 Å². The lowest BCUT2D eigenvalue weighted by Crippen LogP contribution is -2.54. The van der Waals surface area contributed by atoms with Crippen molar-refractivity contribution in [2.24, 2.45) is 0 Å². The summed E-state index contributed by atoms with van der Waals surface area (Å²) in [5.41, 5.74) is -0.238. The third-order valence-electron chi connectivity index (χ3n) is 5.70. The largest absolute Gasteiger partial charge is 0.502 e. The fraction of sp³-hybridized carbons (Fsp3) is 0.500. The third kappa shape index (κ3) is 5.11. The fourth-order valence-corrected chi connectivity index (χ4v) is 3.76. The van der Waals surface area contributed by atoms with Gasteiger partial charge in [-0.15, -0.1) is 0 Å². The summed E-state index contributed by atoms with van der Waals surface area (Å²) in [4.78, 5) is 34.1. The van der Waals surface area contributed by atoms with Crippen LogP contribution < -0.4 is 10.9 Å². The van der Waals surface area contributed by atoms with Gasteiger partial charge in [0.05, 0.1) is 17.7 Å². The van der Waals surface area contributed by atoms with Gasteiger partial charge in [0, 0.05) is 32.7 Å². The van der Waals surface area contributed by atoms with E-state index in [-0.39, 0.29) is 30.4 Å². The van der Waals surface area contributed by atoms with E-state index in [1.54, 1.807) is 12.1 Å². The molecule has 0 fully saturated rings. The summed E-state index contributed by atoms with van der Waals surface area (Å²) in [6, 6.07) is 5.82. The summed E-state index contributed by atoms with van der Waals surface area (Å²) < 4.78 is 14.5. The second-order valence-corrected chi connectivity index (χ2v) is 8.62. The van der Waals surface area contributed by atoms with Crippen molar-refractivity contribution in [2.45, 2.75) is 38.9 Å². The molecule has 0 bridgehead atoms. The molecule has 0 unspecified atom stereocenters. The molecule has 0 radical (unpaired) electrons.